The minimum atomic E-state index is -1.20. The Hall–Kier alpha value is -3.96. The molecule has 0 fully saturated rings. The van der Waals surface area contributed by atoms with Crippen LogP contribution in [0.25, 0.3) is 0 Å². The lowest BCUT2D eigenvalue weighted by atomic mass is 10.1. The van der Waals surface area contributed by atoms with Gasteiger partial charge in [0.1, 0.15) is 17.8 Å². The molecule has 228 valence electrons. The molecule has 2 amide bonds. The van der Waals surface area contributed by atoms with Crippen molar-refractivity contribution < 1.29 is 28.6 Å². The van der Waals surface area contributed by atoms with Gasteiger partial charge >= 0.3 is 18.2 Å². The third-order valence-electron chi connectivity index (χ3n) is 5.91. The summed E-state index contributed by atoms with van der Waals surface area (Å²) in [6.07, 6.45) is 1.16. The van der Waals surface area contributed by atoms with E-state index in [2.05, 4.69) is 30.8 Å². The van der Waals surface area contributed by atoms with Crippen LogP contribution in [-0.2, 0) is 25.4 Å². The van der Waals surface area contributed by atoms with Crippen molar-refractivity contribution in [2.45, 2.75) is 72.0 Å². The first-order valence-corrected chi connectivity index (χ1v) is 15.7. The molecule has 0 heterocycles. The molecular formula is C35H42NO6P. The molecule has 0 aliphatic heterocycles. The first-order chi connectivity index (χ1) is 20.3. The fourth-order valence-corrected chi connectivity index (χ4v) is 6.63. The van der Waals surface area contributed by atoms with Crippen LogP contribution in [0.15, 0.2) is 91.5 Å². The van der Waals surface area contributed by atoms with E-state index in [9.17, 15) is 14.4 Å². The second-order valence-corrected chi connectivity index (χ2v) is 14.1. The number of amides is 2. The van der Waals surface area contributed by atoms with Crippen LogP contribution < -0.4 is 20.8 Å². The van der Waals surface area contributed by atoms with Gasteiger partial charge in [0.2, 0.25) is 0 Å². The summed E-state index contributed by atoms with van der Waals surface area (Å²) < 4.78 is 16.6. The van der Waals surface area contributed by atoms with Gasteiger partial charge in [0, 0.05) is 11.7 Å². The SMILES string of the molecule is C=CCOC(=O)CCCc1ccc(P(c2ccccc2)c2ccccc2)c(N(C(=O)OC(C)(C)C)C(=O)OC(C)(C)C)c1. The first kappa shape index (κ1) is 33.5. The van der Waals surface area contributed by atoms with Crippen LogP contribution >= 0.6 is 7.92 Å². The Morgan fingerprint density at radius 1 is 0.791 bits per heavy atom. The van der Waals surface area contributed by atoms with Crippen molar-refractivity contribution in [2.75, 3.05) is 11.5 Å². The molecule has 0 saturated heterocycles. The highest BCUT2D eigenvalue weighted by atomic mass is 31.1. The number of aryl methyl sites for hydroxylation is 1. The summed E-state index contributed by atoms with van der Waals surface area (Å²) in [5.41, 5.74) is -0.479. The molecule has 0 saturated carbocycles. The van der Waals surface area contributed by atoms with Gasteiger partial charge in [-0.2, -0.15) is 4.90 Å². The summed E-state index contributed by atoms with van der Waals surface area (Å²) in [5, 5.41) is 2.89. The molecule has 3 aromatic rings. The number of hydrogen-bond donors (Lipinski definition) is 0. The lowest BCUT2D eigenvalue weighted by molar-refractivity contribution is -0.142. The molecule has 0 spiro atoms. The topological polar surface area (TPSA) is 82.1 Å². The van der Waals surface area contributed by atoms with Crippen LogP contribution in [0.1, 0.15) is 59.9 Å². The fraction of sp³-hybridized carbons (Fsp3) is 0.343. The highest BCUT2D eigenvalue weighted by Gasteiger charge is 2.36. The average molecular weight is 604 g/mol. The number of rotatable bonds is 10. The van der Waals surface area contributed by atoms with Gasteiger partial charge in [-0.1, -0.05) is 85.5 Å². The molecule has 0 unspecified atom stereocenters. The quantitative estimate of drug-likeness (QED) is 0.106. The lowest BCUT2D eigenvalue weighted by Crippen LogP contribution is -2.45. The standard InChI is InChI=1S/C35H42NO6P/c1-8-24-40-31(37)21-15-16-26-22-23-30(43(27-17-11-9-12-18-27)28-19-13-10-14-20-28)29(25-26)36(32(38)41-34(2,3)4)33(39)42-35(5,6)7/h8-14,17-20,22-23,25H,1,15-16,21,24H2,2-7H3. The number of benzene rings is 3. The van der Waals surface area contributed by atoms with Gasteiger partial charge < -0.3 is 14.2 Å². The van der Waals surface area contributed by atoms with Crippen LogP contribution in [0.3, 0.4) is 0 Å². The van der Waals surface area contributed by atoms with Gasteiger partial charge in [0.25, 0.3) is 0 Å². The summed E-state index contributed by atoms with van der Waals surface area (Å²) in [4.78, 5) is 40.7. The number of nitrogens with zero attached hydrogens (tertiary/aromatic N) is 1. The van der Waals surface area contributed by atoms with Gasteiger partial charge in [0.15, 0.2) is 0 Å². The highest BCUT2D eigenvalue weighted by Crippen LogP contribution is 2.38. The zero-order chi connectivity index (χ0) is 31.6. The van der Waals surface area contributed by atoms with Crippen LogP contribution in [0.2, 0.25) is 0 Å². The number of esters is 1. The summed E-state index contributed by atoms with van der Waals surface area (Å²) >= 11 is 0. The maximum Gasteiger partial charge on any atom is 0.424 e. The molecule has 0 bridgehead atoms. The fourth-order valence-electron chi connectivity index (χ4n) is 4.22. The number of carbonyl (C=O) groups is 3. The first-order valence-electron chi connectivity index (χ1n) is 14.3. The normalized spacial score (nSPS) is 11.5. The van der Waals surface area contributed by atoms with E-state index in [1.165, 1.54) is 6.08 Å². The third kappa shape index (κ3) is 10.4. The van der Waals surface area contributed by atoms with E-state index in [1.807, 2.05) is 54.6 Å². The second-order valence-electron chi connectivity index (χ2n) is 12.0. The number of hydrogen-bond acceptors (Lipinski definition) is 6. The molecule has 7 nitrogen and oxygen atoms in total. The average Bonchev–Trinajstić information content (AvgIpc) is 2.92. The maximum atomic E-state index is 13.8. The Morgan fingerprint density at radius 2 is 1.30 bits per heavy atom. The maximum absolute atomic E-state index is 13.8. The zero-order valence-corrected chi connectivity index (χ0v) is 26.9. The van der Waals surface area contributed by atoms with Crippen molar-refractivity contribution in [1.29, 1.82) is 0 Å². The number of anilines is 1. The summed E-state index contributed by atoms with van der Waals surface area (Å²) in [6.45, 7) is 14.2. The molecule has 0 N–H and O–H groups in total. The Bertz CT molecular complexity index is 1330. The van der Waals surface area contributed by atoms with Crippen molar-refractivity contribution >= 4 is 47.7 Å². The van der Waals surface area contributed by atoms with Crippen molar-refractivity contribution in [1.82, 2.24) is 0 Å². The van der Waals surface area contributed by atoms with Gasteiger partial charge in [-0.15, -0.1) is 0 Å². The van der Waals surface area contributed by atoms with E-state index in [0.717, 1.165) is 26.4 Å². The van der Waals surface area contributed by atoms with E-state index in [1.54, 1.807) is 41.5 Å². The Kier molecular flexibility index (Phi) is 11.7. The molecule has 3 rings (SSSR count). The lowest BCUT2D eigenvalue weighted by Gasteiger charge is -2.31. The summed E-state index contributed by atoms with van der Waals surface area (Å²) in [7, 11) is -1.20. The molecule has 0 aliphatic carbocycles. The van der Waals surface area contributed by atoms with Crippen molar-refractivity contribution in [2.24, 2.45) is 0 Å². The van der Waals surface area contributed by atoms with Crippen LogP contribution in [0.5, 0.6) is 0 Å². The minimum Gasteiger partial charge on any atom is -0.461 e. The monoisotopic (exact) mass is 603 g/mol. The van der Waals surface area contributed by atoms with Crippen molar-refractivity contribution in [3.05, 3.63) is 97.1 Å². The molecule has 43 heavy (non-hydrogen) atoms. The second kappa shape index (κ2) is 15.0. The molecule has 0 aromatic heterocycles. The highest BCUT2D eigenvalue weighted by molar-refractivity contribution is 7.80. The molecule has 0 radical (unpaired) electrons. The molecule has 0 aliphatic rings. The van der Waals surface area contributed by atoms with E-state index < -0.39 is 31.3 Å². The van der Waals surface area contributed by atoms with E-state index >= 15 is 0 Å². The molecule has 0 atom stereocenters. The van der Waals surface area contributed by atoms with Crippen LogP contribution in [0, 0.1) is 0 Å². The van der Waals surface area contributed by atoms with Crippen molar-refractivity contribution in [3.8, 4) is 0 Å². The molecular weight excluding hydrogens is 561 g/mol. The van der Waals surface area contributed by atoms with Crippen molar-refractivity contribution in [3.63, 3.8) is 0 Å². The van der Waals surface area contributed by atoms with E-state index in [4.69, 9.17) is 14.2 Å². The Labute approximate surface area is 256 Å². The minimum absolute atomic E-state index is 0.168. The van der Waals surface area contributed by atoms with Gasteiger partial charge in [-0.05, 0) is 84.5 Å². The summed E-state index contributed by atoms with van der Waals surface area (Å²) in [5.74, 6) is -0.308. The van der Waals surface area contributed by atoms with Gasteiger partial charge in [0.05, 0.1) is 5.69 Å². The molecule has 3 aromatic carbocycles. The summed E-state index contributed by atoms with van der Waals surface area (Å²) in [6, 6.07) is 25.8. The van der Waals surface area contributed by atoms with E-state index in [0.29, 0.717) is 18.5 Å². The van der Waals surface area contributed by atoms with Crippen LogP contribution in [-0.4, -0.2) is 36.0 Å². The number of carbonyl (C=O) groups excluding carboxylic acids is 3. The molecule has 8 heteroatoms. The third-order valence-corrected chi connectivity index (χ3v) is 8.40. The Morgan fingerprint density at radius 3 is 1.77 bits per heavy atom. The van der Waals surface area contributed by atoms with Gasteiger partial charge in [-0.25, -0.2) is 9.59 Å². The predicted molar refractivity (Wildman–Crippen MR) is 174 cm³/mol. The van der Waals surface area contributed by atoms with E-state index in [-0.39, 0.29) is 19.0 Å². The smallest absolute Gasteiger partial charge is 0.424 e. The van der Waals surface area contributed by atoms with Gasteiger partial charge in [-0.3, -0.25) is 4.79 Å². The Balaban J connectivity index is 2.20. The zero-order valence-electron chi connectivity index (χ0n) is 26.0. The predicted octanol–water partition coefficient (Wildman–Crippen LogP) is 7.17. The van der Waals surface area contributed by atoms with Crippen LogP contribution in [0.4, 0.5) is 15.3 Å². The largest absolute Gasteiger partial charge is 0.461 e. The number of ether oxygens (including phenoxy) is 3. The number of imide groups is 1.